The summed E-state index contributed by atoms with van der Waals surface area (Å²) in [4.78, 5) is 23.9. The minimum absolute atomic E-state index is 0.0332. The van der Waals surface area contributed by atoms with Gasteiger partial charge < -0.3 is 9.84 Å². The van der Waals surface area contributed by atoms with Crippen molar-refractivity contribution in [2.24, 2.45) is 0 Å². The van der Waals surface area contributed by atoms with E-state index >= 15 is 0 Å². The Bertz CT molecular complexity index is 1170. The summed E-state index contributed by atoms with van der Waals surface area (Å²) >= 11 is 0. The zero-order valence-electron chi connectivity index (χ0n) is 16.2. The average Bonchev–Trinajstić information content (AvgIpc) is 3.26. The molecule has 30 heavy (non-hydrogen) atoms. The number of aromatic nitrogens is 4. The quantitative estimate of drug-likeness (QED) is 0.383. The van der Waals surface area contributed by atoms with Gasteiger partial charge in [-0.15, -0.1) is 0 Å². The van der Waals surface area contributed by atoms with Crippen LogP contribution in [0.25, 0.3) is 16.8 Å². The van der Waals surface area contributed by atoms with Gasteiger partial charge in [0, 0.05) is 18.0 Å². The first-order valence-corrected chi connectivity index (χ1v) is 8.77. The molecule has 0 atom stereocenters. The lowest BCUT2D eigenvalue weighted by Crippen LogP contribution is -2.14. The Morgan fingerprint density at radius 1 is 1.23 bits per heavy atom. The van der Waals surface area contributed by atoms with Gasteiger partial charge >= 0.3 is 12.1 Å². The molecule has 3 aromatic heterocycles. The number of hydrogen-bond acceptors (Lipinski definition) is 6. The second kappa shape index (κ2) is 7.65. The first-order chi connectivity index (χ1) is 14.0. The number of fused-ring (bicyclic) bond motifs is 1. The van der Waals surface area contributed by atoms with Crippen molar-refractivity contribution in [1.82, 2.24) is 19.4 Å². The number of hydrogen-bond donors (Lipinski definition) is 1. The van der Waals surface area contributed by atoms with Crippen molar-refractivity contribution in [1.29, 1.82) is 0 Å². The minimum atomic E-state index is -4.86. The second-order valence-electron chi connectivity index (χ2n) is 6.34. The van der Waals surface area contributed by atoms with Gasteiger partial charge in [-0.3, -0.25) is 4.79 Å². The third-order valence-electron chi connectivity index (χ3n) is 4.23. The summed E-state index contributed by atoms with van der Waals surface area (Å²) in [6.45, 7) is 4.01. The number of nitrogens with zero attached hydrogens (tertiary/aromatic N) is 4. The Morgan fingerprint density at radius 3 is 2.50 bits per heavy atom. The Hall–Kier alpha value is -3.63. The normalized spacial score (nSPS) is 12.7. The van der Waals surface area contributed by atoms with E-state index in [1.807, 2.05) is 0 Å². The number of aliphatic hydroxyl groups excluding tert-OH is 1. The Kier molecular flexibility index (Phi) is 5.38. The van der Waals surface area contributed by atoms with Crippen molar-refractivity contribution in [2.45, 2.75) is 26.9 Å². The largest absolute Gasteiger partial charge is 0.512 e. The van der Waals surface area contributed by atoms with Gasteiger partial charge in [-0.1, -0.05) is 0 Å². The monoisotopic (exact) mass is 422 g/mol. The maximum absolute atomic E-state index is 13.4. The van der Waals surface area contributed by atoms with Crippen LogP contribution in [0.2, 0.25) is 0 Å². The van der Waals surface area contributed by atoms with Crippen molar-refractivity contribution in [3.8, 4) is 5.69 Å². The molecular formula is C19H17F3N4O4. The number of ketones is 1. The lowest BCUT2D eigenvalue weighted by molar-refractivity contribution is -0.141. The molecule has 0 amide bonds. The summed E-state index contributed by atoms with van der Waals surface area (Å²) in [7, 11) is 0. The van der Waals surface area contributed by atoms with E-state index in [0.717, 1.165) is 10.9 Å². The summed E-state index contributed by atoms with van der Waals surface area (Å²) in [6, 6.07) is 2.88. The fraction of sp³-hybridized carbons (Fsp3) is 0.263. The van der Waals surface area contributed by atoms with Crippen LogP contribution in [0.4, 0.5) is 13.2 Å². The van der Waals surface area contributed by atoms with Gasteiger partial charge in [0.1, 0.15) is 11.3 Å². The van der Waals surface area contributed by atoms with E-state index in [4.69, 9.17) is 4.74 Å². The van der Waals surface area contributed by atoms with Crippen LogP contribution in [0, 0.1) is 0 Å². The van der Waals surface area contributed by atoms with Crippen LogP contribution in [-0.4, -0.2) is 42.9 Å². The van der Waals surface area contributed by atoms with E-state index in [1.165, 1.54) is 49.8 Å². The minimum Gasteiger partial charge on any atom is -0.512 e. The van der Waals surface area contributed by atoms with Crippen LogP contribution in [0.1, 0.15) is 42.4 Å². The van der Waals surface area contributed by atoms with Crippen LogP contribution < -0.4 is 0 Å². The average molecular weight is 422 g/mol. The maximum atomic E-state index is 13.4. The Labute approximate surface area is 168 Å². The SMILES string of the molecule is CCOC(=O)c1cn(-c2ccn3ncc(/C(C(C)=O)=C(\C)O)c3c2)nc1C(F)(F)F. The van der Waals surface area contributed by atoms with Gasteiger partial charge in [0.25, 0.3) is 0 Å². The van der Waals surface area contributed by atoms with E-state index in [-0.39, 0.29) is 23.6 Å². The number of ether oxygens (including phenoxy) is 1. The standard InChI is InChI=1S/C19H17F3N4O4/c1-4-30-18(29)14-9-26(24-17(14)19(20,21)22)12-5-6-25-15(7-12)13(8-23-25)16(10(2)27)11(3)28/h5-9,27H,4H2,1-3H3/b16-10+. The summed E-state index contributed by atoms with van der Waals surface area (Å²) < 4.78 is 47.1. The first-order valence-electron chi connectivity index (χ1n) is 8.77. The fourth-order valence-corrected chi connectivity index (χ4v) is 3.02. The maximum Gasteiger partial charge on any atom is 0.436 e. The van der Waals surface area contributed by atoms with Crippen LogP contribution in [-0.2, 0) is 15.7 Å². The molecule has 3 rings (SSSR count). The molecule has 11 heteroatoms. The van der Waals surface area contributed by atoms with Gasteiger partial charge in [-0.2, -0.15) is 23.4 Å². The number of carbonyl (C=O) groups is 2. The summed E-state index contributed by atoms with van der Waals surface area (Å²) in [5.74, 6) is -1.76. The molecular weight excluding hydrogens is 405 g/mol. The lowest BCUT2D eigenvalue weighted by atomic mass is 10.0. The van der Waals surface area contributed by atoms with Crippen LogP contribution in [0.15, 0.2) is 36.5 Å². The number of alkyl halides is 3. The highest BCUT2D eigenvalue weighted by molar-refractivity contribution is 6.21. The highest BCUT2D eigenvalue weighted by Gasteiger charge is 2.40. The van der Waals surface area contributed by atoms with Crippen LogP contribution in [0.3, 0.4) is 0 Å². The molecule has 8 nitrogen and oxygen atoms in total. The Balaban J connectivity index is 2.18. The number of halogens is 3. The van der Waals surface area contributed by atoms with Gasteiger partial charge in [0.15, 0.2) is 11.5 Å². The lowest BCUT2D eigenvalue weighted by Gasteiger charge is -2.06. The molecule has 0 saturated heterocycles. The molecule has 0 aromatic carbocycles. The van der Waals surface area contributed by atoms with E-state index in [9.17, 15) is 27.9 Å². The predicted octanol–water partition coefficient (Wildman–Crippen LogP) is 3.59. The molecule has 0 spiro atoms. The highest BCUT2D eigenvalue weighted by atomic mass is 19.4. The molecule has 0 aliphatic rings. The van der Waals surface area contributed by atoms with Gasteiger partial charge in [0.05, 0.1) is 29.6 Å². The number of pyridine rings is 1. The molecule has 0 unspecified atom stereocenters. The Morgan fingerprint density at radius 2 is 1.93 bits per heavy atom. The van der Waals surface area contributed by atoms with Crippen LogP contribution >= 0.6 is 0 Å². The summed E-state index contributed by atoms with van der Waals surface area (Å²) in [6.07, 6.45) is -1.11. The molecule has 0 fully saturated rings. The molecule has 3 heterocycles. The smallest absolute Gasteiger partial charge is 0.436 e. The summed E-state index contributed by atoms with van der Waals surface area (Å²) in [5, 5.41) is 17.5. The molecule has 0 aliphatic carbocycles. The van der Waals surface area contributed by atoms with E-state index in [2.05, 4.69) is 10.2 Å². The van der Waals surface area contributed by atoms with Gasteiger partial charge in [-0.25, -0.2) is 14.0 Å². The van der Waals surface area contributed by atoms with E-state index in [0.29, 0.717) is 11.1 Å². The number of aliphatic hydroxyl groups is 1. The fourth-order valence-electron chi connectivity index (χ4n) is 3.02. The zero-order chi connectivity index (χ0) is 22.2. The third kappa shape index (κ3) is 3.78. The van der Waals surface area contributed by atoms with Gasteiger partial charge in [-0.05, 0) is 32.9 Å². The predicted molar refractivity (Wildman–Crippen MR) is 99.2 cm³/mol. The number of allylic oxidation sites excluding steroid dienone is 2. The molecule has 1 N–H and O–H groups in total. The van der Waals surface area contributed by atoms with Crippen molar-refractivity contribution in [3.05, 3.63) is 53.3 Å². The van der Waals surface area contributed by atoms with Crippen molar-refractivity contribution < 1.29 is 32.6 Å². The number of Topliss-reactive ketones (excluding diaryl/α,β-unsaturated/α-hetero) is 1. The third-order valence-corrected chi connectivity index (χ3v) is 4.23. The second-order valence-corrected chi connectivity index (χ2v) is 6.34. The molecule has 0 saturated carbocycles. The number of rotatable bonds is 5. The van der Waals surface area contributed by atoms with Crippen molar-refractivity contribution in [2.75, 3.05) is 6.61 Å². The van der Waals surface area contributed by atoms with E-state index in [1.54, 1.807) is 0 Å². The molecule has 0 bridgehead atoms. The molecule has 158 valence electrons. The van der Waals surface area contributed by atoms with Crippen LogP contribution in [0.5, 0.6) is 0 Å². The molecule has 3 aromatic rings. The van der Waals surface area contributed by atoms with E-state index < -0.39 is 29.2 Å². The van der Waals surface area contributed by atoms with Crippen molar-refractivity contribution in [3.63, 3.8) is 0 Å². The van der Waals surface area contributed by atoms with Crippen molar-refractivity contribution >= 4 is 22.8 Å². The summed E-state index contributed by atoms with van der Waals surface area (Å²) in [5.41, 5.74) is -1.21. The molecule has 0 aliphatic heterocycles. The first kappa shape index (κ1) is 21.1. The molecule has 0 radical (unpaired) electrons. The number of carbonyl (C=O) groups excluding carboxylic acids is 2. The topological polar surface area (TPSA) is 98.7 Å². The highest BCUT2D eigenvalue weighted by Crippen LogP contribution is 2.32. The zero-order valence-corrected chi connectivity index (χ0v) is 16.2. The number of esters is 1. The van der Waals surface area contributed by atoms with Gasteiger partial charge in [0.2, 0.25) is 0 Å².